The van der Waals surface area contributed by atoms with Gasteiger partial charge in [-0.2, -0.15) is 0 Å². The molecule has 1 rings (SSSR count). The third kappa shape index (κ3) is 3.52. The summed E-state index contributed by atoms with van der Waals surface area (Å²) in [6.07, 6.45) is 6.71. The number of rotatable bonds is 5. The molecule has 3 heteroatoms. The summed E-state index contributed by atoms with van der Waals surface area (Å²) in [4.78, 5) is 0. The third-order valence-electron chi connectivity index (χ3n) is 2.30. The third-order valence-corrected chi connectivity index (χ3v) is 2.53. The van der Waals surface area contributed by atoms with Crippen molar-refractivity contribution >= 4 is 11.6 Å². The second-order valence-corrected chi connectivity index (χ2v) is 4.02. The largest absolute Gasteiger partial charge is 0.309 e. The first-order valence-corrected chi connectivity index (χ1v) is 5.68. The van der Waals surface area contributed by atoms with E-state index in [1.54, 1.807) is 6.07 Å². The van der Waals surface area contributed by atoms with Gasteiger partial charge in [0.2, 0.25) is 0 Å². The maximum atomic E-state index is 13.6. The van der Waals surface area contributed by atoms with Crippen LogP contribution < -0.4 is 5.32 Å². The highest BCUT2D eigenvalue weighted by Gasteiger charge is 2.14. The molecule has 0 heterocycles. The fraction of sp³-hybridized carbons (Fsp3) is 0.385. The minimum atomic E-state index is -0.270. The molecule has 1 aromatic carbocycles. The molecule has 0 aromatic heterocycles. The molecule has 0 aliphatic heterocycles. The Morgan fingerprint density at radius 3 is 2.94 bits per heavy atom. The zero-order valence-electron chi connectivity index (χ0n) is 9.26. The number of benzene rings is 1. The van der Waals surface area contributed by atoms with Crippen LogP contribution in [0.1, 0.15) is 31.4 Å². The van der Waals surface area contributed by atoms with Crippen molar-refractivity contribution in [2.75, 3.05) is 6.54 Å². The zero-order chi connectivity index (χ0) is 12.0. The van der Waals surface area contributed by atoms with Gasteiger partial charge in [0.05, 0.1) is 0 Å². The Balaban J connectivity index is 2.91. The van der Waals surface area contributed by atoms with Crippen LogP contribution in [0, 0.1) is 18.2 Å². The Labute approximate surface area is 101 Å². The minimum absolute atomic E-state index is 0.163. The maximum absolute atomic E-state index is 13.6. The van der Waals surface area contributed by atoms with Gasteiger partial charge in [0.25, 0.3) is 0 Å². The van der Waals surface area contributed by atoms with Crippen molar-refractivity contribution in [2.24, 2.45) is 0 Å². The van der Waals surface area contributed by atoms with Crippen LogP contribution in [0.3, 0.4) is 0 Å². The first-order valence-electron chi connectivity index (χ1n) is 5.30. The predicted molar refractivity (Wildman–Crippen MR) is 65.9 cm³/mol. The van der Waals surface area contributed by atoms with Crippen molar-refractivity contribution in [1.82, 2.24) is 5.32 Å². The van der Waals surface area contributed by atoms with E-state index in [9.17, 15) is 4.39 Å². The van der Waals surface area contributed by atoms with Gasteiger partial charge in [-0.25, -0.2) is 4.39 Å². The molecule has 0 fully saturated rings. The number of hydrogen-bond donors (Lipinski definition) is 1. The van der Waals surface area contributed by atoms with E-state index in [0.717, 1.165) is 13.0 Å². The van der Waals surface area contributed by atoms with E-state index >= 15 is 0 Å². The lowest BCUT2D eigenvalue weighted by molar-refractivity contribution is 0.507. The van der Waals surface area contributed by atoms with Crippen LogP contribution in [0.15, 0.2) is 18.2 Å². The summed E-state index contributed by atoms with van der Waals surface area (Å²) in [5, 5.41) is 3.74. The van der Waals surface area contributed by atoms with Gasteiger partial charge in [0, 0.05) is 23.0 Å². The molecule has 1 aromatic rings. The Bertz CT molecular complexity index is 384. The lowest BCUT2D eigenvalue weighted by Crippen LogP contribution is -2.22. The molecule has 86 valence electrons. The quantitative estimate of drug-likeness (QED) is 0.775. The van der Waals surface area contributed by atoms with E-state index < -0.39 is 0 Å². The molecule has 16 heavy (non-hydrogen) atoms. The number of halogens is 2. The van der Waals surface area contributed by atoms with Gasteiger partial charge < -0.3 is 5.32 Å². The second kappa shape index (κ2) is 6.52. The highest BCUT2D eigenvalue weighted by Crippen LogP contribution is 2.23. The predicted octanol–water partition coefficient (Wildman–Crippen LogP) is 3.54. The number of terminal acetylenes is 1. The number of hydrogen-bond acceptors (Lipinski definition) is 1. The smallest absolute Gasteiger partial charge is 0.128 e. The summed E-state index contributed by atoms with van der Waals surface area (Å²) < 4.78 is 13.6. The summed E-state index contributed by atoms with van der Waals surface area (Å²) in [5.74, 6) is 2.28. The van der Waals surface area contributed by atoms with Crippen molar-refractivity contribution in [3.05, 3.63) is 34.6 Å². The SMILES string of the molecule is C#CCC(NCCC)c1cc(Cl)ccc1F. The van der Waals surface area contributed by atoms with Gasteiger partial charge in [0.15, 0.2) is 0 Å². The van der Waals surface area contributed by atoms with Gasteiger partial charge >= 0.3 is 0 Å². The summed E-state index contributed by atoms with van der Waals surface area (Å²) in [7, 11) is 0. The zero-order valence-corrected chi connectivity index (χ0v) is 10.0. The van der Waals surface area contributed by atoms with E-state index in [1.807, 2.05) is 6.92 Å². The fourth-order valence-electron chi connectivity index (χ4n) is 1.51. The molecule has 1 atom stereocenters. The minimum Gasteiger partial charge on any atom is -0.309 e. The Morgan fingerprint density at radius 2 is 2.31 bits per heavy atom. The topological polar surface area (TPSA) is 12.0 Å². The van der Waals surface area contributed by atoms with E-state index in [1.165, 1.54) is 12.1 Å². The highest BCUT2D eigenvalue weighted by molar-refractivity contribution is 6.30. The lowest BCUT2D eigenvalue weighted by atomic mass is 10.0. The molecule has 0 aliphatic rings. The van der Waals surface area contributed by atoms with Crippen LogP contribution in [0.25, 0.3) is 0 Å². The molecule has 0 saturated heterocycles. The van der Waals surface area contributed by atoms with Crippen LogP contribution in [-0.4, -0.2) is 6.54 Å². The molecule has 1 N–H and O–H groups in total. The summed E-state index contributed by atoms with van der Waals surface area (Å²) in [6, 6.07) is 4.37. The second-order valence-electron chi connectivity index (χ2n) is 3.58. The lowest BCUT2D eigenvalue weighted by Gasteiger charge is -2.17. The van der Waals surface area contributed by atoms with E-state index in [0.29, 0.717) is 17.0 Å². The molecule has 0 bridgehead atoms. The average molecular weight is 240 g/mol. The van der Waals surface area contributed by atoms with Crippen molar-refractivity contribution in [3.8, 4) is 12.3 Å². The van der Waals surface area contributed by atoms with Crippen molar-refractivity contribution in [3.63, 3.8) is 0 Å². The molecule has 0 amide bonds. The van der Waals surface area contributed by atoms with Crippen LogP contribution >= 0.6 is 11.6 Å². The van der Waals surface area contributed by atoms with Gasteiger partial charge in [-0.1, -0.05) is 18.5 Å². The van der Waals surface area contributed by atoms with Crippen LogP contribution in [0.5, 0.6) is 0 Å². The molecule has 1 nitrogen and oxygen atoms in total. The highest BCUT2D eigenvalue weighted by atomic mass is 35.5. The molecular weight excluding hydrogens is 225 g/mol. The standard InChI is InChI=1S/C13H15ClFN/c1-3-5-13(16-8-4-2)11-9-10(14)6-7-12(11)15/h1,6-7,9,13,16H,4-5,8H2,2H3. The van der Waals surface area contributed by atoms with Gasteiger partial charge in [-0.15, -0.1) is 12.3 Å². The van der Waals surface area contributed by atoms with E-state index in [2.05, 4.69) is 11.2 Å². The van der Waals surface area contributed by atoms with E-state index in [4.69, 9.17) is 18.0 Å². The average Bonchev–Trinajstić information content (AvgIpc) is 2.28. The summed E-state index contributed by atoms with van der Waals surface area (Å²) >= 11 is 5.85. The first kappa shape index (κ1) is 13.0. The Hall–Kier alpha value is -1.04. The molecule has 0 radical (unpaired) electrons. The van der Waals surface area contributed by atoms with Crippen LogP contribution in [-0.2, 0) is 0 Å². The van der Waals surface area contributed by atoms with Crippen LogP contribution in [0.4, 0.5) is 4.39 Å². The molecule has 0 saturated carbocycles. The molecule has 0 aliphatic carbocycles. The van der Waals surface area contributed by atoms with Crippen molar-refractivity contribution in [2.45, 2.75) is 25.8 Å². The summed E-state index contributed by atoms with van der Waals surface area (Å²) in [5.41, 5.74) is 0.541. The van der Waals surface area contributed by atoms with Crippen molar-refractivity contribution in [1.29, 1.82) is 0 Å². The fourth-order valence-corrected chi connectivity index (χ4v) is 1.69. The van der Waals surface area contributed by atoms with Gasteiger partial charge in [-0.05, 0) is 31.2 Å². The van der Waals surface area contributed by atoms with E-state index in [-0.39, 0.29) is 11.9 Å². The van der Waals surface area contributed by atoms with Gasteiger partial charge in [0.1, 0.15) is 5.82 Å². The van der Waals surface area contributed by atoms with Crippen molar-refractivity contribution < 1.29 is 4.39 Å². The molecular formula is C13H15ClFN. The number of nitrogens with one attached hydrogen (secondary N) is 1. The maximum Gasteiger partial charge on any atom is 0.128 e. The van der Waals surface area contributed by atoms with Crippen LogP contribution in [0.2, 0.25) is 5.02 Å². The molecule has 0 spiro atoms. The Kier molecular flexibility index (Phi) is 5.31. The monoisotopic (exact) mass is 239 g/mol. The first-order chi connectivity index (χ1) is 7.69. The Morgan fingerprint density at radius 1 is 1.56 bits per heavy atom. The summed E-state index contributed by atoms with van der Waals surface area (Å²) in [6.45, 7) is 2.85. The molecule has 1 unspecified atom stereocenters. The normalized spacial score (nSPS) is 12.1. The van der Waals surface area contributed by atoms with Gasteiger partial charge in [-0.3, -0.25) is 0 Å².